The normalized spacial score (nSPS) is 15.2. The average Bonchev–Trinajstić information content (AvgIpc) is 3.36. The highest BCUT2D eigenvalue weighted by Gasteiger charge is 2.23. The van der Waals surface area contributed by atoms with Gasteiger partial charge >= 0.3 is 0 Å². The van der Waals surface area contributed by atoms with Gasteiger partial charge in [0.25, 0.3) is 0 Å². The van der Waals surface area contributed by atoms with Crippen LogP contribution in [0.5, 0.6) is 0 Å². The van der Waals surface area contributed by atoms with Crippen molar-refractivity contribution in [2.75, 3.05) is 23.3 Å². The Bertz CT molecular complexity index is 1130. The molecule has 148 valence electrons. The molecular weight excluding hydrogens is 404 g/mol. The van der Waals surface area contributed by atoms with E-state index in [-0.39, 0.29) is 0 Å². The fourth-order valence-electron chi connectivity index (χ4n) is 3.91. The van der Waals surface area contributed by atoms with Crippen molar-refractivity contribution in [3.05, 3.63) is 53.4 Å². The molecule has 4 heterocycles. The summed E-state index contributed by atoms with van der Waals surface area (Å²) in [6.45, 7) is 1.95. The topological polar surface area (TPSA) is 58.9 Å². The van der Waals surface area contributed by atoms with Crippen molar-refractivity contribution in [1.82, 2.24) is 19.5 Å². The van der Waals surface area contributed by atoms with Crippen LogP contribution < -0.4 is 10.2 Å². The molecule has 0 bridgehead atoms. The van der Waals surface area contributed by atoms with Gasteiger partial charge in [-0.25, -0.2) is 15.0 Å². The van der Waals surface area contributed by atoms with Gasteiger partial charge in [0.1, 0.15) is 17.0 Å². The third-order valence-corrected chi connectivity index (χ3v) is 6.58. The van der Waals surface area contributed by atoms with Gasteiger partial charge in [0.15, 0.2) is 0 Å². The molecule has 8 heteroatoms. The van der Waals surface area contributed by atoms with Crippen LogP contribution in [0.1, 0.15) is 12.8 Å². The third kappa shape index (κ3) is 3.56. The van der Waals surface area contributed by atoms with Gasteiger partial charge in [0.05, 0.1) is 5.39 Å². The van der Waals surface area contributed by atoms with E-state index >= 15 is 0 Å². The van der Waals surface area contributed by atoms with E-state index in [1.807, 2.05) is 43.7 Å². The molecule has 3 aromatic heterocycles. The zero-order valence-corrected chi connectivity index (χ0v) is 17.6. The lowest BCUT2D eigenvalue weighted by molar-refractivity contribution is 0.515. The Morgan fingerprint density at radius 1 is 1.10 bits per heavy atom. The molecule has 0 unspecified atom stereocenters. The van der Waals surface area contributed by atoms with E-state index in [2.05, 4.69) is 35.1 Å². The third-order valence-electron chi connectivity index (χ3n) is 5.44. The van der Waals surface area contributed by atoms with Gasteiger partial charge in [-0.2, -0.15) is 0 Å². The lowest BCUT2D eigenvalue weighted by atomic mass is 10.0. The molecule has 1 saturated heterocycles. The van der Waals surface area contributed by atoms with Crippen LogP contribution in [-0.2, 0) is 7.05 Å². The predicted molar refractivity (Wildman–Crippen MR) is 120 cm³/mol. The second kappa shape index (κ2) is 7.65. The Kier molecular flexibility index (Phi) is 4.85. The highest BCUT2D eigenvalue weighted by Crippen LogP contribution is 2.37. The molecule has 0 radical (unpaired) electrons. The Morgan fingerprint density at radius 2 is 1.90 bits per heavy atom. The molecule has 1 aromatic carbocycles. The van der Waals surface area contributed by atoms with Crippen LogP contribution in [0.4, 0.5) is 11.8 Å². The number of fused-ring (bicyclic) bond motifs is 1. The van der Waals surface area contributed by atoms with Crippen molar-refractivity contribution in [2.24, 2.45) is 7.05 Å². The quantitative estimate of drug-likeness (QED) is 0.508. The summed E-state index contributed by atoms with van der Waals surface area (Å²) in [5.41, 5.74) is 2.28. The molecule has 0 spiro atoms. The molecule has 1 N–H and O–H groups in total. The second-order valence-electron chi connectivity index (χ2n) is 7.30. The minimum atomic E-state index is 0.377. The van der Waals surface area contributed by atoms with Gasteiger partial charge in [-0.15, -0.1) is 11.3 Å². The molecule has 0 saturated carbocycles. The Labute approximate surface area is 178 Å². The van der Waals surface area contributed by atoms with E-state index < -0.39 is 0 Å². The number of rotatable bonds is 4. The molecule has 1 aliphatic heterocycles. The van der Waals surface area contributed by atoms with Crippen LogP contribution in [-0.4, -0.2) is 38.7 Å². The number of hydrogen-bond acceptors (Lipinski definition) is 6. The fourth-order valence-corrected chi connectivity index (χ4v) is 4.95. The maximum Gasteiger partial charge on any atom is 0.205 e. The molecule has 0 aliphatic carbocycles. The van der Waals surface area contributed by atoms with Crippen LogP contribution in [0.2, 0.25) is 5.02 Å². The summed E-state index contributed by atoms with van der Waals surface area (Å²) < 4.78 is 2.07. The minimum absolute atomic E-state index is 0.377. The minimum Gasteiger partial charge on any atom is -0.367 e. The Balaban J connectivity index is 1.38. The molecule has 29 heavy (non-hydrogen) atoms. The molecule has 0 atom stereocenters. The van der Waals surface area contributed by atoms with Crippen molar-refractivity contribution >= 4 is 44.9 Å². The van der Waals surface area contributed by atoms with Crippen molar-refractivity contribution in [2.45, 2.75) is 18.9 Å². The van der Waals surface area contributed by atoms with Gasteiger partial charge in [0, 0.05) is 54.5 Å². The molecule has 5 rings (SSSR count). The van der Waals surface area contributed by atoms with E-state index in [0.717, 1.165) is 64.1 Å². The zero-order valence-electron chi connectivity index (χ0n) is 16.0. The van der Waals surface area contributed by atoms with Gasteiger partial charge in [0.2, 0.25) is 5.95 Å². The summed E-state index contributed by atoms with van der Waals surface area (Å²) in [6, 6.07) is 8.32. The first kappa shape index (κ1) is 18.4. The Hall–Kier alpha value is -2.64. The number of piperidine rings is 1. The van der Waals surface area contributed by atoms with Gasteiger partial charge in [-0.05, 0) is 30.5 Å². The first-order chi connectivity index (χ1) is 14.2. The smallest absolute Gasteiger partial charge is 0.205 e. The first-order valence-electron chi connectivity index (χ1n) is 9.66. The average molecular weight is 425 g/mol. The monoisotopic (exact) mass is 424 g/mol. The van der Waals surface area contributed by atoms with E-state index in [9.17, 15) is 0 Å². The van der Waals surface area contributed by atoms with Crippen molar-refractivity contribution < 1.29 is 0 Å². The summed E-state index contributed by atoms with van der Waals surface area (Å²) in [7, 11) is 2.04. The number of imidazole rings is 1. The number of hydrogen-bond donors (Lipinski definition) is 1. The summed E-state index contributed by atoms with van der Waals surface area (Å²) in [5.74, 6) is 1.95. The summed E-state index contributed by atoms with van der Waals surface area (Å²) in [5, 5.41) is 7.67. The van der Waals surface area contributed by atoms with E-state index in [1.54, 1.807) is 17.7 Å². The summed E-state index contributed by atoms with van der Waals surface area (Å²) in [6.07, 6.45) is 7.58. The van der Waals surface area contributed by atoms with Crippen LogP contribution in [0.25, 0.3) is 21.3 Å². The number of aryl methyl sites for hydroxylation is 1. The van der Waals surface area contributed by atoms with Crippen molar-refractivity contribution in [3.63, 3.8) is 0 Å². The number of thiophene rings is 1. The number of benzene rings is 1. The van der Waals surface area contributed by atoms with Crippen LogP contribution in [0.15, 0.2) is 48.4 Å². The predicted octanol–water partition coefficient (Wildman–Crippen LogP) is 4.83. The molecule has 1 fully saturated rings. The highest BCUT2D eigenvalue weighted by molar-refractivity contribution is 7.17. The number of nitrogens with one attached hydrogen (secondary N) is 1. The van der Waals surface area contributed by atoms with Crippen LogP contribution in [0.3, 0.4) is 0 Å². The number of aromatic nitrogens is 4. The van der Waals surface area contributed by atoms with Gasteiger partial charge < -0.3 is 14.8 Å². The molecular formula is C21H21ClN6S. The van der Waals surface area contributed by atoms with E-state index in [4.69, 9.17) is 11.6 Å². The highest BCUT2D eigenvalue weighted by atomic mass is 35.5. The zero-order chi connectivity index (χ0) is 19.8. The van der Waals surface area contributed by atoms with Crippen LogP contribution in [0, 0.1) is 0 Å². The molecule has 1 aliphatic rings. The van der Waals surface area contributed by atoms with Crippen LogP contribution >= 0.6 is 22.9 Å². The molecule has 6 nitrogen and oxygen atoms in total. The SMILES string of the molecule is Cn1ccnc1N1CCC(Nc2ncnc3scc(-c4ccc(Cl)cc4)c23)CC1. The lowest BCUT2D eigenvalue weighted by Crippen LogP contribution is -2.40. The van der Waals surface area contributed by atoms with E-state index in [0.29, 0.717) is 6.04 Å². The number of anilines is 2. The maximum absolute atomic E-state index is 6.07. The van der Waals surface area contributed by atoms with Gasteiger partial charge in [-0.3, -0.25) is 0 Å². The van der Waals surface area contributed by atoms with E-state index in [1.165, 1.54) is 0 Å². The second-order valence-corrected chi connectivity index (χ2v) is 8.60. The van der Waals surface area contributed by atoms with Gasteiger partial charge in [-0.1, -0.05) is 23.7 Å². The summed E-state index contributed by atoms with van der Waals surface area (Å²) >= 11 is 7.71. The summed E-state index contributed by atoms with van der Waals surface area (Å²) in [4.78, 5) is 16.9. The molecule has 0 amide bonds. The fraction of sp³-hybridized carbons (Fsp3) is 0.286. The number of halogens is 1. The first-order valence-corrected chi connectivity index (χ1v) is 10.9. The number of nitrogens with zero attached hydrogens (tertiary/aromatic N) is 5. The van der Waals surface area contributed by atoms with Crippen molar-refractivity contribution in [3.8, 4) is 11.1 Å². The van der Waals surface area contributed by atoms with Crippen molar-refractivity contribution in [1.29, 1.82) is 0 Å². The standard InChI is InChI=1S/C21H21ClN6S/c1-27-11-8-23-21(27)28-9-6-16(7-10-28)26-19-18-17(12-29-20(18)25-13-24-19)14-2-4-15(22)5-3-14/h2-5,8,11-13,16H,6-7,9-10H2,1H3,(H,24,25,26). The molecule has 4 aromatic rings. The Morgan fingerprint density at radius 3 is 2.62 bits per heavy atom. The largest absolute Gasteiger partial charge is 0.367 e. The lowest BCUT2D eigenvalue weighted by Gasteiger charge is -2.33. The maximum atomic E-state index is 6.07.